The number of furan rings is 1. The van der Waals surface area contributed by atoms with Crippen LogP contribution in [0.3, 0.4) is 0 Å². The number of hydrogen-bond donors (Lipinski definition) is 4. The molecule has 9 nitrogen and oxygen atoms in total. The zero-order valence-electron chi connectivity index (χ0n) is 19.0. The van der Waals surface area contributed by atoms with E-state index in [1.807, 2.05) is 0 Å². The van der Waals surface area contributed by atoms with Crippen molar-refractivity contribution in [1.82, 2.24) is 10.3 Å². The van der Waals surface area contributed by atoms with E-state index in [0.29, 0.717) is 16.8 Å². The van der Waals surface area contributed by atoms with Gasteiger partial charge in [-0.05, 0) is 55.1 Å². The number of benzene rings is 2. The molecule has 0 atom stereocenters. The predicted octanol–water partition coefficient (Wildman–Crippen LogP) is 4.14. The van der Waals surface area contributed by atoms with Gasteiger partial charge in [0.15, 0.2) is 11.6 Å². The smallest absolute Gasteiger partial charge is 0.292 e. The van der Waals surface area contributed by atoms with Crippen molar-refractivity contribution in [1.29, 1.82) is 5.26 Å². The van der Waals surface area contributed by atoms with E-state index in [9.17, 15) is 24.3 Å². The highest BCUT2D eigenvalue weighted by molar-refractivity contribution is 6.03. The van der Waals surface area contributed by atoms with Gasteiger partial charge < -0.3 is 25.5 Å². The molecule has 4 N–H and O–H groups in total. The topological polar surface area (TPSA) is 140 Å². The monoisotopic (exact) mass is 485 g/mol. The largest absolute Gasteiger partial charge is 0.507 e. The number of nitriles is 1. The summed E-state index contributed by atoms with van der Waals surface area (Å²) >= 11 is 0. The zero-order chi connectivity index (χ0) is 25.7. The van der Waals surface area contributed by atoms with E-state index >= 15 is 0 Å². The average Bonchev–Trinajstić information content (AvgIpc) is 3.39. The summed E-state index contributed by atoms with van der Waals surface area (Å²) < 4.78 is 18.7. The molecule has 0 unspecified atom stereocenters. The van der Waals surface area contributed by atoms with Crippen molar-refractivity contribution in [2.24, 2.45) is 0 Å². The summed E-state index contributed by atoms with van der Waals surface area (Å²) in [7, 11) is 1.65. The first-order chi connectivity index (χ1) is 17.4. The van der Waals surface area contributed by atoms with Crippen LogP contribution < -0.4 is 16.0 Å². The molecular weight excluding hydrogens is 465 g/mol. The second kappa shape index (κ2) is 10.5. The summed E-state index contributed by atoms with van der Waals surface area (Å²) in [6.07, 6.45) is 1.33. The van der Waals surface area contributed by atoms with Gasteiger partial charge in [-0.1, -0.05) is 12.1 Å². The lowest BCUT2D eigenvalue weighted by Gasteiger charge is -2.15. The number of halogens is 1. The van der Waals surface area contributed by atoms with E-state index in [1.165, 1.54) is 18.4 Å². The Balaban J connectivity index is 1.86. The molecule has 0 aliphatic carbocycles. The Hall–Kier alpha value is -5.01. The first-order valence-electron chi connectivity index (χ1n) is 10.7. The van der Waals surface area contributed by atoms with Crippen molar-refractivity contribution in [2.45, 2.75) is 0 Å². The van der Waals surface area contributed by atoms with Gasteiger partial charge in [0.05, 0.1) is 18.5 Å². The number of amides is 2. The minimum atomic E-state index is -0.638. The first-order valence-corrected chi connectivity index (χ1v) is 10.7. The van der Waals surface area contributed by atoms with Crippen molar-refractivity contribution < 1.29 is 23.5 Å². The van der Waals surface area contributed by atoms with Gasteiger partial charge in [0, 0.05) is 22.9 Å². The lowest BCUT2D eigenvalue weighted by Crippen LogP contribution is -2.25. The number of nitrogens with zero attached hydrogens (tertiary/aromatic N) is 2. The molecule has 4 aromatic rings. The minimum Gasteiger partial charge on any atom is -0.507 e. The molecule has 0 aliphatic heterocycles. The molecular formula is C26H20FN5O4. The third-order valence-corrected chi connectivity index (χ3v) is 5.14. The fourth-order valence-electron chi connectivity index (χ4n) is 3.54. The van der Waals surface area contributed by atoms with Crippen LogP contribution in [0.2, 0.25) is 0 Å². The Bertz CT molecular complexity index is 1480. The number of pyridine rings is 1. The van der Waals surface area contributed by atoms with Gasteiger partial charge in [-0.3, -0.25) is 9.59 Å². The van der Waals surface area contributed by atoms with Crippen LogP contribution in [0.4, 0.5) is 15.9 Å². The molecule has 4 rings (SSSR count). The summed E-state index contributed by atoms with van der Waals surface area (Å²) in [5.41, 5.74) is 1.80. The number of carbonyl (C=O) groups excluding carboxylic acids is 2. The Morgan fingerprint density at radius 1 is 1.08 bits per heavy atom. The lowest BCUT2D eigenvalue weighted by atomic mass is 9.97. The number of anilines is 2. The summed E-state index contributed by atoms with van der Waals surface area (Å²) in [6.45, 7) is 0.111. The van der Waals surface area contributed by atoms with Crippen LogP contribution in [0.15, 0.2) is 71.3 Å². The molecule has 0 radical (unpaired) electrons. The van der Waals surface area contributed by atoms with Gasteiger partial charge in [-0.2, -0.15) is 5.26 Å². The second-order valence-electron chi connectivity index (χ2n) is 7.64. The molecule has 0 fully saturated rings. The van der Waals surface area contributed by atoms with Crippen LogP contribution in [0, 0.1) is 17.1 Å². The van der Waals surface area contributed by atoms with Crippen molar-refractivity contribution in [3.63, 3.8) is 0 Å². The maximum Gasteiger partial charge on any atom is 0.292 e. The van der Waals surface area contributed by atoms with E-state index in [1.54, 1.807) is 43.4 Å². The second-order valence-corrected chi connectivity index (χ2v) is 7.64. The predicted molar refractivity (Wildman–Crippen MR) is 131 cm³/mol. The van der Waals surface area contributed by atoms with E-state index in [-0.39, 0.29) is 46.6 Å². The molecule has 2 heterocycles. The Labute approximate surface area is 205 Å². The van der Waals surface area contributed by atoms with Crippen LogP contribution in [0.1, 0.15) is 16.1 Å². The molecule has 2 amide bonds. The SMILES string of the molecule is CNCC(=O)Nc1cccc(-c2cc(-c3ccc(F)cc3O)nc(NC(=O)c3ccco3)c2C#N)c1. The Morgan fingerprint density at radius 3 is 2.61 bits per heavy atom. The molecule has 10 heteroatoms. The van der Waals surface area contributed by atoms with Crippen molar-refractivity contribution in [2.75, 3.05) is 24.2 Å². The fourth-order valence-corrected chi connectivity index (χ4v) is 3.54. The quantitative estimate of drug-likeness (QED) is 0.308. The third-order valence-electron chi connectivity index (χ3n) is 5.14. The molecule has 0 aliphatic rings. The van der Waals surface area contributed by atoms with Gasteiger partial charge in [0.1, 0.15) is 23.2 Å². The number of carbonyl (C=O) groups is 2. The Kier molecular flexibility index (Phi) is 7.04. The van der Waals surface area contributed by atoms with Crippen LogP contribution in [-0.4, -0.2) is 35.5 Å². The van der Waals surface area contributed by atoms with Gasteiger partial charge in [-0.25, -0.2) is 9.37 Å². The normalized spacial score (nSPS) is 10.5. The van der Waals surface area contributed by atoms with Crippen LogP contribution in [-0.2, 0) is 4.79 Å². The summed E-state index contributed by atoms with van der Waals surface area (Å²) in [5.74, 6) is -1.97. The van der Waals surface area contributed by atoms with Crippen LogP contribution >= 0.6 is 0 Å². The number of aromatic nitrogens is 1. The molecule has 0 saturated heterocycles. The summed E-state index contributed by atoms with van der Waals surface area (Å²) in [5, 5.41) is 28.4. The number of phenols is 1. The number of hydrogen-bond acceptors (Lipinski definition) is 7. The van der Waals surface area contributed by atoms with Crippen LogP contribution in [0.25, 0.3) is 22.4 Å². The van der Waals surface area contributed by atoms with E-state index in [2.05, 4.69) is 27.0 Å². The van der Waals surface area contributed by atoms with Gasteiger partial charge in [0.2, 0.25) is 5.91 Å². The molecule has 36 heavy (non-hydrogen) atoms. The van der Waals surface area contributed by atoms with Crippen molar-refractivity contribution in [3.05, 3.63) is 84.1 Å². The molecule has 180 valence electrons. The zero-order valence-corrected chi connectivity index (χ0v) is 19.0. The summed E-state index contributed by atoms with van der Waals surface area (Å²) in [4.78, 5) is 29.1. The highest BCUT2D eigenvalue weighted by atomic mass is 19.1. The van der Waals surface area contributed by atoms with Crippen molar-refractivity contribution >= 4 is 23.3 Å². The maximum absolute atomic E-state index is 13.6. The van der Waals surface area contributed by atoms with Gasteiger partial charge in [0.25, 0.3) is 5.91 Å². The first kappa shape index (κ1) is 24.1. The summed E-state index contributed by atoms with van der Waals surface area (Å²) in [6, 6.07) is 16.8. The molecule has 0 bridgehead atoms. The number of rotatable bonds is 7. The van der Waals surface area contributed by atoms with E-state index < -0.39 is 11.7 Å². The Morgan fingerprint density at radius 2 is 1.92 bits per heavy atom. The lowest BCUT2D eigenvalue weighted by molar-refractivity contribution is -0.115. The number of phenolic OH excluding ortho intramolecular Hbond substituents is 1. The molecule has 0 saturated carbocycles. The number of aromatic hydroxyl groups is 1. The minimum absolute atomic E-state index is 0.00603. The standard InChI is InChI=1S/C26H20FN5O4/c1-29-14-24(34)30-17-5-2-4-15(10-17)19-12-21(18-8-7-16(27)11-22(18)33)31-25(20(19)13-28)32-26(35)23-6-3-9-36-23/h2-12,29,33H,14H2,1H3,(H,30,34)(H,31,32,35). The number of nitrogens with one attached hydrogen (secondary N) is 3. The highest BCUT2D eigenvalue weighted by Crippen LogP contribution is 2.36. The molecule has 2 aromatic carbocycles. The average molecular weight is 485 g/mol. The fraction of sp³-hybridized carbons (Fsp3) is 0.0769. The van der Waals surface area contributed by atoms with E-state index in [0.717, 1.165) is 12.1 Å². The highest BCUT2D eigenvalue weighted by Gasteiger charge is 2.20. The van der Waals surface area contributed by atoms with Crippen LogP contribution in [0.5, 0.6) is 5.75 Å². The maximum atomic E-state index is 13.6. The van der Waals surface area contributed by atoms with Gasteiger partial charge in [-0.15, -0.1) is 0 Å². The third kappa shape index (κ3) is 5.22. The van der Waals surface area contributed by atoms with Crippen molar-refractivity contribution in [3.8, 4) is 34.2 Å². The number of likely N-dealkylation sites (N-methyl/N-ethyl adjacent to an activating group) is 1. The van der Waals surface area contributed by atoms with Gasteiger partial charge >= 0.3 is 0 Å². The molecule has 2 aromatic heterocycles. The van der Waals surface area contributed by atoms with E-state index in [4.69, 9.17) is 4.42 Å². The molecule has 0 spiro atoms.